The molecule has 0 unspecified atom stereocenters. The second-order valence-corrected chi connectivity index (χ2v) is 4.40. The van der Waals surface area contributed by atoms with E-state index in [9.17, 15) is 0 Å². The van der Waals surface area contributed by atoms with Crippen LogP contribution in [-0.4, -0.2) is 19.9 Å². The summed E-state index contributed by atoms with van der Waals surface area (Å²) in [5.41, 5.74) is 2.49. The number of ether oxygens (including phenoxy) is 1. The maximum Gasteiger partial charge on any atom is 0.118 e. The first-order valence-corrected chi connectivity index (χ1v) is 6.56. The Morgan fingerprint density at radius 1 is 1.00 bits per heavy atom. The van der Waals surface area contributed by atoms with Gasteiger partial charge >= 0.3 is 0 Å². The van der Waals surface area contributed by atoms with Crippen LogP contribution in [0, 0.1) is 0 Å². The molecule has 2 aromatic carbocycles. The van der Waals surface area contributed by atoms with E-state index in [4.69, 9.17) is 4.74 Å². The molecule has 0 atom stereocenters. The number of rotatable bonds is 6. The monoisotopic (exact) mass is 253 g/mol. The van der Waals surface area contributed by atoms with Crippen LogP contribution in [0.3, 0.4) is 0 Å². The molecular formula is C17H19NO. The van der Waals surface area contributed by atoms with Crippen molar-refractivity contribution in [3.8, 4) is 5.75 Å². The lowest BCUT2D eigenvalue weighted by atomic mass is 10.1. The first kappa shape index (κ1) is 13.3. The van der Waals surface area contributed by atoms with E-state index in [0.717, 1.165) is 30.7 Å². The molecule has 0 aromatic heterocycles. The fourth-order valence-electron chi connectivity index (χ4n) is 1.88. The Kier molecular flexibility index (Phi) is 5.17. The SMILES string of the molecule is COc1ccc(/C=N/CCCc2ccccc2)cc1. The van der Waals surface area contributed by atoms with Crippen molar-refractivity contribution in [1.29, 1.82) is 0 Å². The number of benzene rings is 2. The molecule has 0 spiro atoms. The van der Waals surface area contributed by atoms with Gasteiger partial charge in [-0.3, -0.25) is 4.99 Å². The topological polar surface area (TPSA) is 21.6 Å². The Morgan fingerprint density at radius 2 is 1.74 bits per heavy atom. The molecular weight excluding hydrogens is 234 g/mol. The van der Waals surface area contributed by atoms with Gasteiger partial charge < -0.3 is 4.74 Å². The van der Waals surface area contributed by atoms with Gasteiger partial charge in [0.15, 0.2) is 0 Å². The van der Waals surface area contributed by atoms with Crippen molar-refractivity contribution in [3.63, 3.8) is 0 Å². The molecule has 2 aromatic rings. The first-order valence-electron chi connectivity index (χ1n) is 6.56. The minimum absolute atomic E-state index is 0.862. The molecule has 0 heterocycles. The first-order chi connectivity index (χ1) is 9.38. The minimum Gasteiger partial charge on any atom is -0.497 e. The van der Waals surface area contributed by atoms with Crippen molar-refractivity contribution in [2.24, 2.45) is 4.99 Å². The molecule has 0 fully saturated rings. The molecule has 0 aliphatic heterocycles. The zero-order valence-corrected chi connectivity index (χ0v) is 11.3. The van der Waals surface area contributed by atoms with Crippen molar-refractivity contribution >= 4 is 6.21 Å². The van der Waals surface area contributed by atoms with Gasteiger partial charge in [0.1, 0.15) is 5.75 Å². The summed E-state index contributed by atoms with van der Waals surface area (Å²) in [5.74, 6) is 0.876. The summed E-state index contributed by atoms with van der Waals surface area (Å²) in [6, 6.07) is 18.5. The fraction of sp³-hybridized carbons (Fsp3) is 0.235. The van der Waals surface area contributed by atoms with Crippen LogP contribution in [0.1, 0.15) is 17.5 Å². The molecule has 0 aliphatic rings. The Hall–Kier alpha value is -2.09. The van der Waals surface area contributed by atoms with Gasteiger partial charge in [-0.15, -0.1) is 0 Å². The van der Waals surface area contributed by atoms with E-state index in [1.54, 1.807) is 7.11 Å². The van der Waals surface area contributed by atoms with Crippen LogP contribution in [0.5, 0.6) is 5.75 Å². The molecule has 2 nitrogen and oxygen atoms in total. The fourth-order valence-corrected chi connectivity index (χ4v) is 1.88. The van der Waals surface area contributed by atoms with E-state index >= 15 is 0 Å². The Morgan fingerprint density at radius 3 is 2.42 bits per heavy atom. The second-order valence-electron chi connectivity index (χ2n) is 4.40. The van der Waals surface area contributed by atoms with Crippen molar-refractivity contribution in [2.75, 3.05) is 13.7 Å². The predicted molar refractivity (Wildman–Crippen MR) is 80.2 cm³/mol. The van der Waals surface area contributed by atoms with Gasteiger partial charge in [-0.2, -0.15) is 0 Å². The predicted octanol–water partition coefficient (Wildman–Crippen LogP) is 3.75. The van der Waals surface area contributed by atoms with Gasteiger partial charge in [0.05, 0.1) is 7.11 Å². The Bertz CT molecular complexity index is 503. The lowest BCUT2D eigenvalue weighted by Gasteiger charge is -1.99. The summed E-state index contributed by atoms with van der Waals surface area (Å²) in [4.78, 5) is 4.45. The summed E-state index contributed by atoms with van der Waals surface area (Å²) < 4.78 is 5.12. The Labute approximate surface area is 114 Å². The zero-order chi connectivity index (χ0) is 13.3. The highest BCUT2D eigenvalue weighted by molar-refractivity contribution is 5.79. The average molecular weight is 253 g/mol. The minimum atomic E-state index is 0.862. The molecule has 2 heteroatoms. The zero-order valence-electron chi connectivity index (χ0n) is 11.3. The smallest absolute Gasteiger partial charge is 0.118 e. The number of hydrogen-bond acceptors (Lipinski definition) is 2. The third-order valence-corrected chi connectivity index (χ3v) is 2.95. The van der Waals surface area contributed by atoms with Crippen LogP contribution in [-0.2, 0) is 6.42 Å². The summed E-state index contributed by atoms with van der Waals surface area (Å²) in [6.45, 7) is 0.862. The van der Waals surface area contributed by atoms with Crippen LogP contribution in [0.15, 0.2) is 59.6 Å². The maximum absolute atomic E-state index is 5.12. The molecule has 0 saturated carbocycles. The van der Waals surface area contributed by atoms with Gasteiger partial charge in [0.2, 0.25) is 0 Å². The molecule has 0 radical (unpaired) electrons. The summed E-state index contributed by atoms with van der Waals surface area (Å²) in [7, 11) is 1.67. The lowest BCUT2D eigenvalue weighted by Crippen LogP contribution is -1.89. The van der Waals surface area contributed by atoms with Crippen LogP contribution in [0.25, 0.3) is 0 Å². The Balaban J connectivity index is 1.74. The van der Waals surface area contributed by atoms with E-state index in [-0.39, 0.29) is 0 Å². The molecule has 2 rings (SSSR count). The van der Waals surface area contributed by atoms with Gasteiger partial charge in [0.25, 0.3) is 0 Å². The maximum atomic E-state index is 5.12. The van der Waals surface area contributed by atoms with Gasteiger partial charge in [-0.25, -0.2) is 0 Å². The highest BCUT2D eigenvalue weighted by Gasteiger charge is 1.92. The van der Waals surface area contributed by atoms with E-state index < -0.39 is 0 Å². The summed E-state index contributed by atoms with van der Waals surface area (Å²) >= 11 is 0. The molecule has 0 aliphatic carbocycles. The summed E-state index contributed by atoms with van der Waals surface area (Å²) in [6.07, 6.45) is 4.09. The second kappa shape index (κ2) is 7.37. The van der Waals surface area contributed by atoms with Crippen LogP contribution < -0.4 is 4.74 Å². The molecule has 19 heavy (non-hydrogen) atoms. The third-order valence-electron chi connectivity index (χ3n) is 2.95. The van der Waals surface area contributed by atoms with Crippen molar-refractivity contribution in [3.05, 3.63) is 65.7 Å². The standard InChI is InChI=1S/C17H19NO/c1-19-17-11-9-16(10-12-17)14-18-13-5-8-15-6-3-2-4-7-15/h2-4,6-7,9-12,14H,5,8,13H2,1H3/b18-14+. The van der Waals surface area contributed by atoms with Gasteiger partial charge in [-0.05, 0) is 48.2 Å². The quantitative estimate of drug-likeness (QED) is 0.567. The van der Waals surface area contributed by atoms with Crippen LogP contribution in [0.4, 0.5) is 0 Å². The normalized spacial score (nSPS) is 10.8. The molecule has 0 N–H and O–H groups in total. The number of hydrogen-bond donors (Lipinski definition) is 0. The number of nitrogens with zero attached hydrogens (tertiary/aromatic N) is 1. The van der Waals surface area contributed by atoms with Gasteiger partial charge in [-0.1, -0.05) is 30.3 Å². The van der Waals surface area contributed by atoms with Crippen molar-refractivity contribution < 1.29 is 4.74 Å². The number of methoxy groups -OCH3 is 1. The lowest BCUT2D eigenvalue weighted by molar-refractivity contribution is 0.415. The molecule has 0 bridgehead atoms. The summed E-state index contributed by atoms with van der Waals surface area (Å²) in [5, 5.41) is 0. The van der Waals surface area contributed by atoms with E-state index in [2.05, 4.69) is 29.3 Å². The average Bonchev–Trinajstić information content (AvgIpc) is 2.49. The van der Waals surface area contributed by atoms with Crippen molar-refractivity contribution in [2.45, 2.75) is 12.8 Å². The number of aliphatic imine (C=N–C) groups is 1. The van der Waals surface area contributed by atoms with E-state index in [0.29, 0.717) is 0 Å². The van der Waals surface area contributed by atoms with Gasteiger partial charge in [0, 0.05) is 12.8 Å². The molecule has 98 valence electrons. The largest absolute Gasteiger partial charge is 0.497 e. The highest BCUT2D eigenvalue weighted by atomic mass is 16.5. The highest BCUT2D eigenvalue weighted by Crippen LogP contribution is 2.09. The molecule has 0 saturated heterocycles. The van der Waals surface area contributed by atoms with E-state index in [1.807, 2.05) is 36.5 Å². The molecule has 0 amide bonds. The van der Waals surface area contributed by atoms with Crippen molar-refractivity contribution in [1.82, 2.24) is 0 Å². The number of aryl methyl sites for hydroxylation is 1. The van der Waals surface area contributed by atoms with Crippen LogP contribution in [0.2, 0.25) is 0 Å². The van der Waals surface area contributed by atoms with Crippen LogP contribution >= 0.6 is 0 Å². The third kappa shape index (κ3) is 4.59. The van der Waals surface area contributed by atoms with E-state index in [1.165, 1.54) is 5.56 Å².